The summed E-state index contributed by atoms with van der Waals surface area (Å²) in [5.41, 5.74) is 0. The van der Waals surface area contributed by atoms with E-state index < -0.39 is 0 Å². The molecule has 0 unspecified atom stereocenters. The Kier molecular flexibility index (Phi) is 16.8. The fourth-order valence-electron chi connectivity index (χ4n) is 2.33. The van der Waals surface area contributed by atoms with Gasteiger partial charge in [0.15, 0.2) is 4.69 Å². The lowest BCUT2D eigenvalue weighted by atomic mass is 10.1. The highest BCUT2D eigenvalue weighted by atomic mass is 79.9. The molecule has 0 rings (SSSR count). The predicted octanol–water partition coefficient (Wildman–Crippen LogP) is 6.95. The molecule has 0 fully saturated rings. The second-order valence-electron chi connectivity index (χ2n) is 5.69. The van der Waals surface area contributed by atoms with E-state index in [1.54, 1.807) is 0 Å². The first-order valence-corrected chi connectivity index (χ1v) is 9.40. The summed E-state index contributed by atoms with van der Waals surface area (Å²) in [6.07, 6.45) is 22.3. The van der Waals surface area contributed by atoms with E-state index in [0.717, 1.165) is 6.42 Å². The second kappa shape index (κ2) is 16.9. The van der Waals surface area contributed by atoms with Gasteiger partial charge in [-0.15, -0.1) is 0 Å². The van der Waals surface area contributed by atoms with E-state index in [1.165, 1.54) is 77.0 Å². The number of unbranched alkanes of at least 4 members (excludes halogenated alkanes) is 11. The number of carbonyl (C=O) groups is 1. The van der Waals surface area contributed by atoms with Crippen molar-refractivity contribution in [2.24, 2.45) is 0 Å². The van der Waals surface area contributed by atoms with Crippen molar-refractivity contribution in [1.82, 2.24) is 0 Å². The molecule has 0 atom stereocenters. The van der Waals surface area contributed by atoms with E-state index >= 15 is 0 Å². The summed E-state index contributed by atoms with van der Waals surface area (Å²) in [4.78, 5) is 10.7. The van der Waals surface area contributed by atoms with Crippen LogP contribution >= 0.6 is 15.9 Å². The molecule has 1 nitrogen and oxygen atoms in total. The number of allylic oxidation sites excluding steroid dienone is 2. The summed E-state index contributed by atoms with van der Waals surface area (Å²) in [5.74, 6) is 0. The third kappa shape index (κ3) is 17.9. The van der Waals surface area contributed by atoms with E-state index in [2.05, 4.69) is 35.0 Å². The van der Waals surface area contributed by atoms with Crippen molar-refractivity contribution in [3.8, 4) is 0 Å². The van der Waals surface area contributed by atoms with Crippen LogP contribution in [0.1, 0.15) is 96.8 Å². The highest BCUT2D eigenvalue weighted by molar-refractivity contribution is 9.18. The van der Waals surface area contributed by atoms with Gasteiger partial charge in [-0.2, -0.15) is 0 Å². The van der Waals surface area contributed by atoms with E-state index in [-0.39, 0.29) is 4.69 Å². The minimum absolute atomic E-state index is 0.148. The average Bonchev–Trinajstić information content (AvgIpc) is 2.43. The maximum absolute atomic E-state index is 10.7. The lowest BCUT2D eigenvalue weighted by molar-refractivity contribution is -0.110. The van der Waals surface area contributed by atoms with Crippen LogP contribution in [-0.4, -0.2) is 4.69 Å². The van der Waals surface area contributed by atoms with Crippen molar-refractivity contribution < 1.29 is 4.79 Å². The predicted molar refractivity (Wildman–Crippen MR) is 93.4 cm³/mol. The van der Waals surface area contributed by atoms with Gasteiger partial charge in [0.05, 0.1) is 0 Å². The molecule has 118 valence electrons. The Morgan fingerprint density at radius 1 is 0.750 bits per heavy atom. The van der Waals surface area contributed by atoms with Crippen LogP contribution in [0, 0.1) is 0 Å². The molecule has 0 bridgehead atoms. The Morgan fingerprint density at radius 2 is 1.20 bits per heavy atom. The molecule has 0 aliphatic heterocycles. The minimum Gasteiger partial charge on any atom is -0.287 e. The topological polar surface area (TPSA) is 17.1 Å². The first kappa shape index (κ1) is 19.9. The van der Waals surface area contributed by atoms with Crippen LogP contribution in [0.3, 0.4) is 0 Å². The van der Waals surface area contributed by atoms with Crippen molar-refractivity contribution in [2.75, 3.05) is 0 Å². The summed E-state index contributed by atoms with van der Waals surface area (Å²) in [6.45, 7) is 2.27. The van der Waals surface area contributed by atoms with Crippen molar-refractivity contribution in [3.63, 3.8) is 0 Å². The second-order valence-corrected chi connectivity index (χ2v) is 6.57. The zero-order valence-corrected chi connectivity index (χ0v) is 14.9. The quantitative estimate of drug-likeness (QED) is 0.178. The highest BCUT2D eigenvalue weighted by Gasteiger charge is 1.95. The van der Waals surface area contributed by atoms with Gasteiger partial charge in [-0.3, -0.25) is 4.79 Å². The van der Waals surface area contributed by atoms with Crippen molar-refractivity contribution in [3.05, 3.63) is 12.2 Å². The first-order valence-electron chi connectivity index (χ1n) is 8.60. The Bertz CT molecular complexity index is 236. The fraction of sp³-hybridized carbons (Fsp3) is 0.833. The lowest BCUT2D eigenvalue weighted by Gasteiger charge is -1.99. The molecule has 0 amide bonds. The Morgan fingerprint density at radius 3 is 1.70 bits per heavy atom. The standard InChI is InChI=1S/C18H33BrO/c1-2-3-4-5-6-7-8-9-10-11-12-13-14-15-16-17-18(19)20/h9-10H,2-8,11-17H2,1H3. The maximum Gasteiger partial charge on any atom is 0.197 e. The normalized spacial score (nSPS) is 11.3. The number of hydrogen-bond donors (Lipinski definition) is 0. The largest absolute Gasteiger partial charge is 0.287 e. The number of hydrogen-bond acceptors (Lipinski definition) is 1. The van der Waals surface area contributed by atoms with Gasteiger partial charge in [-0.25, -0.2) is 0 Å². The summed E-state index contributed by atoms with van der Waals surface area (Å²) in [7, 11) is 0. The number of halogens is 1. The van der Waals surface area contributed by atoms with Crippen LogP contribution < -0.4 is 0 Å². The van der Waals surface area contributed by atoms with Gasteiger partial charge in [-0.1, -0.05) is 70.4 Å². The summed E-state index contributed by atoms with van der Waals surface area (Å²) in [6, 6.07) is 0. The van der Waals surface area contributed by atoms with Gasteiger partial charge in [0.2, 0.25) is 0 Å². The van der Waals surface area contributed by atoms with Gasteiger partial charge >= 0.3 is 0 Å². The van der Waals surface area contributed by atoms with Crippen molar-refractivity contribution >= 4 is 20.6 Å². The smallest absolute Gasteiger partial charge is 0.197 e. The lowest BCUT2D eigenvalue weighted by Crippen LogP contribution is -1.85. The SMILES string of the molecule is CCCCCCCCC=CCCCCCCCC(=O)Br. The van der Waals surface area contributed by atoms with Crippen LogP contribution in [0.5, 0.6) is 0 Å². The van der Waals surface area contributed by atoms with E-state index in [1.807, 2.05) is 0 Å². The van der Waals surface area contributed by atoms with Crippen LogP contribution in [0.4, 0.5) is 0 Å². The number of carbonyl (C=O) groups excluding carboxylic acids is 1. The molecule has 0 spiro atoms. The average molecular weight is 345 g/mol. The van der Waals surface area contributed by atoms with Gasteiger partial charge in [0.1, 0.15) is 0 Å². The molecular formula is C18H33BrO. The molecule has 0 heterocycles. The molecule has 0 N–H and O–H groups in total. The van der Waals surface area contributed by atoms with Crippen molar-refractivity contribution in [1.29, 1.82) is 0 Å². The summed E-state index contributed by atoms with van der Waals surface area (Å²) >= 11 is 2.97. The van der Waals surface area contributed by atoms with E-state index in [0.29, 0.717) is 6.42 Å². The third-order valence-corrected chi connectivity index (χ3v) is 4.03. The maximum atomic E-state index is 10.7. The molecule has 0 aromatic heterocycles. The molecule has 0 aromatic rings. The van der Waals surface area contributed by atoms with Crippen LogP contribution in [0.15, 0.2) is 12.2 Å². The van der Waals surface area contributed by atoms with E-state index in [9.17, 15) is 4.79 Å². The molecule has 0 saturated carbocycles. The van der Waals surface area contributed by atoms with Gasteiger partial charge in [0, 0.05) is 6.42 Å². The van der Waals surface area contributed by atoms with Gasteiger partial charge in [-0.05, 0) is 48.0 Å². The summed E-state index contributed by atoms with van der Waals surface area (Å²) in [5, 5.41) is 0. The van der Waals surface area contributed by atoms with Crippen LogP contribution in [0.2, 0.25) is 0 Å². The Hall–Kier alpha value is -0.110. The fourth-order valence-corrected chi connectivity index (χ4v) is 2.62. The highest BCUT2D eigenvalue weighted by Crippen LogP contribution is 2.10. The molecule has 2 heteroatoms. The number of rotatable bonds is 15. The molecular weight excluding hydrogens is 312 g/mol. The summed E-state index contributed by atoms with van der Waals surface area (Å²) < 4.78 is 0.148. The monoisotopic (exact) mass is 344 g/mol. The first-order chi connectivity index (χ1) is 9.77. The molecule has 0 saturated heterocycles. The van der Waals surface area contributed by atoms with Crippen LogP contribution in [0.25, 0.3) is 0 Å². The van der Waals surface area contributed by atoms with Gasteiger partial charge < -0.3 is 0 Å². The minimum atomic E-state index is 0.148. The Labute approximate surface area is 134 Å². The Balaban J connectivity index is 3.07. The zero-order chi connectivity index (χ0) is 14.9. The van der Waals surface area contributed by atoms with Crippen LogP contribution in [-0.2, 0) is 4.79 Å². The molecule has 20 heavy (non-hydrogen) atoms. The van der Waals surface area contributed by atoms with Crippen molar-refractivity contribution in [2.45, 2.75) is 96.8 Å². The molecule has 0 aliphatic rings. The molecule has 0 radical (unpaired) electrons. The molecule has 0 aromatic carbocycles. The third-order valence-electron chi connectivity index (χ3n) is 3.64. The zero-order valence-electron chi connectivity index (χ0n) is 13.3. The van der Waals surface area contributed by atoms with E-state index in [4.69, 9.17) is 0 Å². The van der Waals surface area contributed by atoms with Gasteiger partial charge in [0.25, 0.3) is 0 Å². The molecule has 0 aliphatic carbocycles.